The molecule has 6 rings (SSSR count). The summed E-state index contributed by atoms with van der Waals surface area (Å²) in [5.41, 5.74) is 3.55. The molecule has 7 heteroatoms. The Morgan fingerprint density at radius 1 is 0.556 bits per heavy atom. The number of thioether (sulfide) groups is 2. The van der Waals surface area contributed by atoms with Crippen LogP contribution in [0.25, 0.3) is 0 Å². The third-order valence-electron chi connectivity index (χ3n) is 6.26. The number of imide groups is 2. The van der Waals surface area contributed by atoms with E-state index in [9.17, 15) is 14.4 Å². The smallest absolute Gasteiger partial charge is 0.268 e. The molecular formula is C29H20N2O3S2. The third kappa shape index (κ3) is 3.81. The van der Waals surface area contributed by atoms with Gasteiger partial charge in [0.25, 0.3) is 11.8 Å². The Labute approximate surface area is 217 Å². The number of hydrogen-bond donors (Lipinski definition) is 0. The van der Waals surface area contributed by atoms with E-state index < -0.39 is 17.8 Å². The average molecular weight is 509 g/mol. The van der Waals surface area contributed by atoms with Crippen LogP contribution in [0.5, 0.6) is 0 Å². The summed E-state index contributed by atoms with van der Waals surface area (Å²) in [7, 11) is 0. The SMILES string of the molecule is O=C1c2ccccc2CSc2ccccc2N1C(=O)N1C(=O)c2ccccc2CSc2ccccc21. The first-order chi connectivity index (χ1) is 17.6. The molecule has 0 aromatic heterocycles. The van der Waals surface area contributed by atoms with Gasteiger partial charge in [0.15, 0.2) is 0 Å². The number of benzene rings is 4. The number of rotatable bonds is 0. The number of carbonyl (C=O) groups is 3. The van der Waals surface area contributed by atoms with Crippen LogP contribution in [-0.2, 0) is 11.5 Å². The van der Waals surface area contributed by atoms with Crippen LogP contribution in [0.2, 0.25) is 0 Å². The normalized spacial score (nSPS) is 14.9. The van der Waals surface area contributed by atoms with E-state index in [0.29, 0.717) is 34.0 Å². The van der Waals surface area contributed by atoms with Gasteiger partial charge in [-0.3, -0.25) is 9.59 Å². The highest BCUT2D eigenvalue weighted by Gasteiger charge is 2.38. The van der Waals surface area contributed by atoms with E-state index in [1.54, 1.807) is 72.1 Å². The first-order valence-electron chi connectivity index (χ1n) is 11.5. The Bertz CT molecular complexity index is 1420. The Morgan fingerprint density at radius 2 is 0.944 bits per heavy atom. The van der Waals surface area contributed by atoms with Gasteiger partial charge in [0.2, 0.25) is 0 Å². The third-order valence-corrected chi connectivity index (χ3v) is 8.49. The maximum atomic E-state index is 14.4. The lowest BCUT2D eigenvalue weighted by molar-refractivity contribution is 0.0983. The van der Waals surface area contributed by atoms with Gasteiger partial charge >= 0.3 is 6.03 Å². The molecule has 5 nitrogen and oxygen atoms in total. The monoisotopic (exact) mass is 508 g/mol. The molecule has 2 aliphatic rings. The zero-order valence-corrected chi connectivity index (χ0v) is 20.7. The number of nitrogens with zero attached hydrogens (tertiary/aromatic N) is 2. The molecule has 0 unspecified atom stereocenters. The van der Waals surface area contributed by atoms with Crippen molar-refractivity contribution in [1.82, 2.24) is 0 Å². The van der Waals surface area contributed by atoms with Crippen molar-refractivity contribution < 1.29 is 14.4 Å². The second-order valence-electron chi connectivity index (χ2n) is 8.39. The molecule has 0 saturated heterocycles. The summed E-state index contributed by atoms with van der Waals surface area (Å²) in [6.45, 7) is 0. The Morgan fingerprint density at radius 3 is 1.42 bits per heavy atom. The van der Waals surface area contributed by atoms with Crippen molar-refractivity contribution in [3.63, 3.8) is 0 Å². The number of carbonyl (C=O) groups excluding carboxylic acids is 3. The minimum atomic E-state index is -0.695. The molecule has 0 aliphatic carbocycles. The van der Waals surface area contributed by atoms with E-state index in [2.05, 4.69) is 0 Å². The largest absolute Gasteiger partial charge is 0.343 e. The van der Waals surface area contributed by atoms with Gasteiger partial charge in [-0.15, -0.1) is 23.5 Å². The van der Waals surface area contributed by atoms with Gasteiger partial charge in [-0.25, -0.2) is 14.6 Å². The van der Waals surface area contributed by atoms with E-state index in [1.165, 1.54) is 0 Å². The van der Waals surface area contributed by atoms with Crippen molar-refractivity contribution >= 4 is 52.7 Å². The van der Waals surface area contributed by atoms with Gasteiger partial charge < -0.3 is 0 Å². The van der Waals surface area contributed by atoms with Crippen LogP contribution in [-0.4, -0.2) is 17.8 Å². The minimum absolute atomic E-state index is 0.448. The summed E-state index contributed by atoms with van der Waals surface area (Å²) in [4.78, 5) is 46.4. The quantitative estimate of drug-likeness (QED) is 0.256. The van der Waals surface area contributed by atoms with Crippen molar-refractivity contribution in [2.75, 3.05) is 9.80 Å². The van der Waals surface area contributed by atoms with E-state index in [0.717, 1.165) is 30.7 Å². The molecular weight excluding hydrogens is 488 g/mol. The number of urea groups is 1. The van der Waals surface area contributed by atoms with Crippen LogP contribution in [0.15, 0.2) is 107 Å². The van der Waals surface area contributed by atoms with Crippen LogP contribution in [0, 0.1) is 0 Å². The minimum Gasteiger partial charge on any atom is -0.268 e. The lowest BCUT2D eigenvalue weighted by Gasteiger charge is -2.33. The standard InChI is InChI=1S/C29H20N2O3S2/c32-27-21-11-3-1-9-19(21)17-35-25-15-7-5-13-23(25)30(27)29(34)31-24-14-6-8-16-26(24)36-18-20-10-2-4-12-22(20)28(31)33/h1-16H,17-18H2. The molecule has 0 radical (unpaired) electrons. The van der Waals surface area contributed by atoms with E-state index in [4.69, 9.17) is 0 Å². The zero-order chi connectivity index (χ0) is 24.6. The molecule has 0 spiro atoms. The number of amides is 4. The molecule has 4 aromatic rings. The van der Waals surface area contributed by atoms with Crippen molar-refractivity contribution in [2.24, 2.45) is 0 Å². The maximum Gasteiger partial charge on any atom is 0.343 e. The number of fused-ring (bicyclic) bond motifs is 4. The van der Waals surface area contributed by atoms with Crippen molar-refractivity contribution in [2.45, 2.75) is 21.3 Å². The van der Waals surface area contributed by atoms with Crippen molar-refractivity contribution in [3.8, 4) is 0 Å². The fourth-order valence-electron chi connectivity index (χ4n) is 4.49. The molecule has 0 fully saturated rings. The topological polar surface area (TPSA) is 57.7 Å². The Hall–Kier alpha value is -3.81. The summed E-state index contributed by atoms with van der Waals surface area (Å²) in [5, 5.41) is 0. The second-order valence-corrected chi connectivity index (χ2v) is 10.4. The first-order valence-corrected chi connectivity index (χ1v) is 13.4. The van der Waals surface area contributed by atoms with Crippen LogP contribution >= 0.6 is 23.5 Å². The molecule has 0 saturated carbocycles. The molecule has 4 amide bonds. The zero-order valence-electron chi connectivity index (χ0n) is 19.1. The molecule has 176 valence electrons. The summed E-state index contributed by atoms with van der Waals surface area (Å²) >= 11 is 3.13. The summed E-state index contributed by atoms with van der Waals surface area (Å²) in [5.74, 6) is 0.320. The number of hydrogen-bond acceptors (Lipinski definition) is 5. The maximum absolute atomic E-state index is 14.4. The van der Waals surface area contributed by atoms with E-state index in [1.807, 2.05) is 48.5 Å². The van der Waals surface area contributed by atoms with Gasteiger partial charge in [0.1, 0.15) is 0 Å². The van der Waals surface area contributed by atoms with Crippen LogP contribution in [0.3, 0.4) is 0 Å². The average Bonchev–Trinajstić information content (AvgIpc) is 2.91. The highest BCUT2D eigenvalue weighted by atomic mass is 32.2. The number of para-hydroxylation sites is 2. The van der Waals surface area contributed by atoms with Crippen LogP contribution in [0.4, 0.5) is 16.2 Å². The molecule has 2 heterocycles. The molecule has 0 N–H and O–H groups in total. The lowest BCUT2D eigenvalue weighted by atomic mass is 10.1. The van der Waals surface area contributed by atoms with E-state index >= 15 is 0 Å². The predicted octanol–water partition coefficient (Wildman–Crippen LogP) is 7.01. The van der Waals surface area contributed by atoms with Gasteiger partial charge in [0, 0.05) is 32.4 Å². The summed E-state index contributed by atoms with van der Waals surface area (Å²) in [6, 6.07) is 28.6. The highest BCUT2D eigenvalue weighted by molar-refractivity contribution is 7.99. The van der Waals surface area contributed by atoms with Crippen molar-refractivity contribution in [3.05, 3.63) is 119 Å². The van der Waals surface area contributed by atoms with Crippen LogP contribution in [0.1, 0.15) is 31.8 Å². The lowest BCUT2D eigenvalue weighted by Crippen LogP contribution is -2.50. The molecule has 36 heavy (non-hydrogen) atoms. The Balaban J connectivity index is 1.55. The molecule has 4 aromatic carbocycles. The summed E-state index contributed by atoms with van der Waals surface area (Å²) in [6.07, 6.45) is 0. The number of anilines is 2. The molecule has 0 bridgehead atoms. The van der Waals surface area contributed by atoms with E-state index in [-0.39, 0.29) is 0 Å². The first kappa shape index (κ1) is 22.6. The summed E-state index contributed by atoms with van der Waals surface area (Å²) < 4.78 is 0. The fraction of sp³-hybridized carbons (Fsp3) is 0.0690. The second kappa shape index (κ2) is 9.33. The van der Waals surface area contributed by atoms with Gasteiger partial charge in [0.05, 0.1) is 11.4 Å². The van der Waals surface area contributed by atoms with Gasteiger partial charge in [-0.2, -0.15) is 0 Å². The molecule has 0 atom stereocenters. The van der Waals surface area contributed by atoms with Crippen molar-refractivity contribution in [1.29, 1.82) is 0 Å². The van der Waals surface area contributed by atoms with Gasteiger partial charge in [-0.05, 0) is 47.5 Å². The van der Waals surface area contributed by atoms with Crippen LogP contribution < -0.4 is 9.80 Å². The highest BCUT2D eigenvalue weighted by Crippen LogP contribution is 2.40. The Kier molecular flexibility index (Phi) is 5.87. The van der Waals surface area contributed by atoms with Gasteiger partial charge in [-0.1, -0.05) is 60.7 Å². The predicted molar refractivity (Wildman–Crippen MR) is 144 cm³/mol. The fourth-order valence-corrected chi connectivity index (χ4v) is 6.58. The molecule has 2 aliphatic heterocycles.